The molecule has 4 heteroatoms. The Morgan fingerprint density at radius 2 is 2.23 bits per heavy atom. The van der Waals surface area contributed by atoms with E-state index < -0.39 is 0 Å². The van der Waals surface area contributed by atoms with E-state index in [-0.39, 0.29) is 5.56 Å². The van der Waals surface area contributed by atoms with Gasteiger partial charge in [-0.05, 0) is 12.1 Å². The standard InChI is InChI=1S/C9H7ClN2O/c1-12-7-4-2-3-6(10)9(7)11-5-8(12)13/h2-5H,1H3. The summed E-state index contributed by atoms with van der Waals surface area (Å²) in [4.78, 5) is 15.2. The van der Waals surface area contributed by atoms with Crippen molar-refractivity contribution in [3.05, 3.63) is 39.8 Å². The van der Waals surface area contributed by atoms with Crippen LogP contribution in [-0.4, -0.2) is 9.55 Å². The minimum absolute atomic E-state index is 0.130. The SMILES string of the molecule is Cn1c(=O)cnc2c(Cl)cccc21. The van der Waals surface area contributed by atoms with Crippen LogP contribution in [-0.2, 0) is 7.05 Å². The minimum atomic E-state index is -0.130. The lowest BCUT2D eigenvalue weighted by Crippen LogP contribution is -2.16. The van der Waals surface area contributed by atoms with Gasteiger partial charge in [0.05, 0.1) is 16.7 Å². The highest BCUT2D eigenvalue weighted by molar-refractivity contribution is 6.34. The van der Waals surface area contributed by atoms with Gasteiger partial charge in [0.15, 0.2) is 0 Å². The van der Waals surface area contributed by atoms with E-state index in [1.165, 1.54) is 10.8 Å². The third kappa shape index (κ3) is 1.21. The van der Waals surface area contributed by atoms with Gasteiger partial charge in [0.1, 0.15) is 5.52 Å². The number of halogens is 1. The summed E-state index contributed by atoms with van der Waals surface area (Å²) in [7, 11) is 1.70. The third-order valence-corrected chi connectivity index (χ3v) is 2.27. The molecule has 2 rings (SSSR count). The van der Waals surface area contributed by atoms with E-state index in [0.717, 1.165) is 5.52 Å². The summed E-state index contributed by atoms with van der Waals surface area (Å²) < 4.78 is 1.52. The van der Waals surface area contributed by atoms with Gasteiger partial charge in [0.25, 0.3) is 5.56 Å². The summed E-state index contributed by atoms with van der Waals surface area (Å²) in [6.07, 6.45) is 1.27. The molecule has 1 aromatic heterocycles. The average molecular weight is 195 g/mol. The molecule has 1 heterocycles. The first kappa shape index (κ1) is 8.26. The molecule has 0 aliphatic carbocycles. The van der Waals surface area contributed by atoms with Gasteiger partial charge in [-0.25, -0.2) is 4.98 Å². The number of rotatable bonds is 0. The van der Waals surface area contributed by atoms with Gasteiger partial charge in [-0.3, -0.25) is 4.79 Å². The Bertz CT molecular complexity index is 518. The van der Waals surface area contributed by atoms with Gasteiger partial charge in [-0.1, -0.05) is 17.7 Å². The molecule has 0 N–H and O–H groups in total. The molecule has 0 saturated heterocycles. The zero-order valence-corrected chi connectivity index (χ0v) is 7.75. The summed E-state index contributed by atoms with van der Waals surface area (Å²) in [5, 5.41) is 0.563. The number of para-hydroxylation sites is 1. The maximum atomic E-state index is 11.2. The molecule has 0 unspecified atom stereocenters. The number of fused-ring (bicyclic) bond motifs is 1. The minimum Gasteiger partial charge on any atom is -0.308 e. The van der Waals surface area contributed by atoms with E-state index in [0.29, 0.717) is 10.5 Å². The molecule has 2 aromatic rings. The third-order valence-electron chi connectivity index (χ3n) is 1.96. The van der Waals surface area contributed by atoms with Crippen LogP contribution in [0.4, 0.5) is 0 Å². The molecule has 66 valence electrons. The second-order valence-electron chi connectivity index (χ2n) is 2.76. The normalized spacial score (nSPS) is 10.6. The lowest BCUT2D eigenvalue weighted by molar-refractivity contribution is 0.892. The van der Waals surface area contributed by atoms with Crippen LogP contribution in [0.15, 0.2) is 29.2 Å². The van der Waals surface area contributed by atoms with Crippen LogP contribution in [0.1, 0.15) is 0 Å². The number of hydrogen-bond donors (Lipinski definition) is 0. The van der Waals surface area contributed by atoms with E-state index in [1.54, 1.807) is 19.2 Å². The molecular formula is C9H7ClN2O. The summed E-state index contributed by atoms with van der Waals surface area (Å²) in [5.41, 5.74) is 1.28. The Labute approximate surface area is 79.6 Å². The Morgan fingerprint density at radius 3 is 3.00 bits per heavy atom. The van der Waals surface area contributed by atoms with Gasteiger partial charge < -0.3 is 4.57 Å². The number of nitrogens with zero attached hydrogens (tertiary/aromatic N) is 2. The Kier molecular flexibility index (Phi) is 1.81. The van der Waals surface area contributed by atoms with Crippen LogP contribution in [0.5, 0.6) is 0 Å². The van der Waals surface area contributed by atoms with Crippen LogP contribution in [0.3, 0.4) is 0 Å². The van der Waals surface area contributed by atoms with E-state index in [2.05, 4.69) is 4.98 Å². The molecule has 0 fully saturated rings. The second-order valence-corrected chi connectivity index (χ2v) is 3.17. The van der Waals surface area contributed by atoms with Crippen molar-refractivity contribution in [3.8, 4) is 0 Å². The molecule has 0 amide bonds. The first-order valence-electron chi connectivity index (χ1n) is 3.80. The predicted octanol–water partition coefficient (Wildman–Crippen LogP) is 1.59. The second kappa shape index (κ2) is 2.85. The van der Waals surface area contributed by atoms with Crippen molar-refractivity contribution in [1.82, 2.24) is 9.55 Å². The highest BCUT2D eigenvalue weighted by atomic mass is 35.5. The van der Waals surface area contributed by atoms with Crippen molar-refractivity contribution in [2.75, 3.05) is 0 Å². The molecule has 0 aliphatic rings. The van der Waals surface area contributed by atoms with Crippen LogP contribution in [0.25, 0.3) is 11.0 Å². The van der Waals surface area contributed by atoms with E-state index in [9.17, 15) is 4.79 Å². The summed E-state index contributed by atoms with van der Waals surface area (Å²) >= 11 is 5.90. The van der Waals surface area contributed by atoms with E-state index in [4.69, 9.17) is 11.6 Å². The lowest BCUT2D eigenvalue weighted by Gasteiger charge is -2.03. The van der Waals surface area contributed by atoms with Crippen molar-refractivity contribution < 1.29 is 0 Å². The predicted molar refractivity (Wildman–Crippen MR) is 52.0 cm³/mol. The molecule has 1 aromatic carbocycles. The van der Waals surface area contributed by atoms with Crippen LogP contribution < -0.4 is 5.56 Å². The van der Waals surface area contributed by atoms with Gasteiger partial charge in [-0.15, -0.1) is 0 Å². The molecule has 0 saturated carbocycles. The monoisotopic (exact) mass is 194 g/mol. The highest BCUT2D eigenvalue weighted by Gasteiger charge is 2.02. The van der Waals surface area contributed by atoms with Crippen molar-refractivity contribution in [1.29, 1.82) is 0 Å². The van der Waals surface area contributed by atoms with Crippen LogP contribution in [0.2, 0.25) is 5.02 Å². The molecule has 13 heavy (non-hydrogen) atoms. The number of aromatic nitrogens is 2. The van der Waals surface area contributed by atoms with Crippen molar-refractivity contribution in [3.63, 3.8) is 0 Å². The Hall–Kier alpha value is -1.35. The maximum absolute atomic E-state index is 11.2. The molecule has 0 aliphatic heterocycles. The zero-order valence-electron chi connectivity index (χ0n) is 6.99. The fraction of sp³-hybridized carbons (Fsp3) is 0.111. The molecule has 0 spiro atoms. The van der Waals surface area contributed by atoms with Gasteiger partial charge in [0.2, 0.25) is 0 Å². The molecule has 0 atom stereocenters. The van der Waals surface area contributed by atoms with Crippen molar-refractivity contribution in [2.24, 2.45) is 7.05 Å². The zero-order chi connectivity index (χ0) is 9.42. The van der Waals surface area contributed by atoms with Crippen molar-refractivity contribution in [2.45, 2.75) is 0 Å². The molecule has 0 radical (unpaired) electrons. The van der Waals surface area contributed by atoms with Crippen molar-refractivity contribution >= 4 is 22.6 Å². The topological polar surface area (TPSA) is 34.9 Å². The Morgan fingerprint density at radius 1 is 1.46 bits per heavy atom. The first-order valence-corrected chi connectivity index (χ1v) is 4.18. The van der Waals surface area contributed by atoms with Crippen LogP contribution >= 0.6 is 11.6 Å². The van der Waals surface area contributed by atoms with Gasteiger partial charge >= 0.3 is 0 Å². The maximum Gasteiger partial charge on any atom is 0.269 e. The summed E-state index contributed by atoms with van der Waals surface area (Å²) in [5.74, 6) is 0. The first-order chi connectivity index (χ1) is 6.20. The molecular weight excluding hydrogens is 188 g/mol. The molecule has 3 nitrogen and oxygen atoms in total. The fourth-order valence-corrected chi connectivity index (χ4v) is 1.45. The van der Waals surface area contributed by atoms with Gasteiger partial charge in [0, 0.05) is 7.05 Å². The number of hydrogen-bond acceptors (Lipinski definition) is 2. The average Bonchev–Trinajstić information content (AvgIpc) is 2.12. The number of benzene rings is 1. The largest absolute Gasteiger partial charge is 0.308 e. The Balaban J connectivity index is 3.03. The van der Waals surface area contributed by atoms with E-state index in [1.807, 2.05) is 6.07 Å². The molecule has 0 bridgehead atoms. The van der Waals surface area contributed by atoms with E-state index >= 15 is 0 Å². The van der Waals surface area contributed by atoms with Gasteiger partial charge in [-0.2, -0.15) is 0 Å². The summed E-state index contributed by atoms with van der Waals surface area (Å²) in [6.45, 7) is 0. The summed E-state index contributed by atoms with van der Waals surface area (Å²) in [6, 6.07) is 5.36. The fourth-order valence-electron chi connectivity index (χ4n) is 1.23. The number of aryl methyl sites for hydroxylation is 1. The highest BCUT2D eigenvalue weighted by Crippen LogP contribution is 2.18. The quantitative estimate of drug-likeness (QED) is 0.639. The van der Waals surface area contributed by atoms with Crippen LogP contribution in [0, 0.1) is 0 Å². The smallest absolute Gasteiger partial charge is 0.269 e. The lowest BCUT2D eigenvalue weighted by atomic mass is 10.3.